The zero-order valence-corrected chi connectivity index (χ0v) is 10.2. The summed E-state index contributed by atoms with van der Waals surface area (Å²) in [6.07, 6.45) is -0.528. The summed E-state index contributed by atoms with van der Waals surface area (Å²) in [5, 5.41) is 20.1. The van der Waals surface area contributed by atoms with Gasteiger partial charge < -0.3 is 14.6 Å². The first-order valence-electron chi connectivity index (χ1n) is 5.65. The smallest absolute Gasteiger partial charge is 0.272 e. The monoisotopic (exact) mass is 253 g/mol. The van der Waals surface area contributed by atoms with Crippen LogP contribution in [0.15, 0.2) is 18.2 Å². The molecule has 0 saturated heterocycles. The second kappa shape index (κ2) is 4.91. The van der Waals surface area contributed by atoms with Gasteiger partial charge in [0.15, 0.2) is 0 Å². The maximum atomic E-state index is 10.7. The van der Waals surface area contributed by atoms with E-state index in [4.69, 9.17) is 9.47 Å². The molecular weight excluding hydrogens is 238 g/mol. The van der Waals surface area contributed by atoms with Crippen LogP contribution < -0.4 is 4.74 Å². The van der Waals surface area contributed by atoms with Crippen LogP contribution in [0.25, 0.3) is 0 Å². The van der Waals surface area contributed by atoms with Crippen LogP contribution in [0, 0.1) is 17.0 Å². The first-order valence-corrected chi connectivity index (χ1v) is 5.65. The van der Waals surface area contributed by atoms with E-state index in [0.29, 0.717) is 17.7 Å². The number of ether oxygens (including phenoxy) is 2. The summed E-state index contributed by atoms with van der Waals surface area (Å²) in [4.78, 5) is 10.2. The molecule has 6 heteroatoms. The number of aryl methyl sites for hydroxylation is 1. The Morgan fingerprint density at radius 3 is 2.72 bits per heavy atom. The minimum atomic E-state index is -0.501. The highest BCUT2D eigenvalue weighted by Gasteiger charge is 2.42. The third-order valence-corrected chi connectivity index (χ3v) is 3.14. The third-order valence-electron chi connectivity index (χ3n) is 3.14. The predicted molar refractivity (Wildman–Crippen MR) is 63.7 cm³/mol. The van der Waals surface area contributed by atoms with Crippen LogP contribution in [0.4, 0.5) is 5.69 Å². The normalized spacial score (nSPS) is 26.5. The summed E-state index contributed by atoms with van der Waals surface area (Å²) in [5.74, 6) is 0.553. The Bertz CT molecular complexity index is 462. The van der Waals surface area contributed by atoms with Crippen molar-refractivity contribution in [2.24, 2.45) is 0 Å². The highest BCUT2D eigenvalue weighted by molar-refractivity contribution is 5.44. The van der Waals surface area contributed by atoms with Crippen molar-refractivity contribution in [3.05, 3.63) is 33.9 Å². The Hall–Kier alpha value is -1.66. The third kappa shape index (κ3) is 2.30. The molecule has 1 aromatic carbocycles. The molecular formula is C12H15NO5. The quantitative estimate of drug-likeness (QED) is 0.648. The summed E-state index contributed by atoms with van der Waals surface area (Å²) < 4.78 is 10.7. The Morgan fingerprint density at radius 1 is 1.50 bits per heavy atom. The molecule has 0 bridgehead atoms. The van der Waals surface area contributed by atoms with Crippen molar-refractivity contribution in [2.45, 2.75) is 31.7 Å². The lowest BCUT2D eigenvalue weighted by Gasteiger charge is -2.39. The second-order valence-corrected chi connectivity index (χ2v) is 4.37. The van der Waals surface area contributed by atoms with E-state index in [1.807, 2.05) is 0 Å². The predicted octanol–water partition coefficient (Wildman–Crippen LogP) is 1.43. The number of methoxy groups -OCH3 is 1. The van der Waals surface area contributed by atoms with Crippen molar-refractivity contribution in [2.75, 3.05) is 7.11 Å². The van der Waals surface area contributed by atoms with Gasteiger partial charge in [0, 0.05) is 25.2 Å². The Kier molecular flexibility index (Phi) is 3.49. The molecule has 98 valence electrons. The minimum Gasteiger partial charge on any atom is -0.487 e. The fourth-order valence-corrected chi connectivity index (χ4v) is 2.06. The van der Waals surface area contributed by atoms with Crippen LogP contribution in [0.3, 0.4) is 0 Å². The average Bonchev–Trinajstić information content (AvgIpc) is 2.28. The van der Waals surface area contributed by atoms with Gasteiger partial charge in [0.2, 0.25) is 0 Å². The summed E-state index contributed by atoms with van der Waals surface area (Å²) in [7, 11) is 1.52. The van der Waals surface area contributed by atoms with Gasteiger partial charge in [0.05, 0.1) is 11.0 Å². The van der Waals surface area contributed by atoms with Crippen molar-refractivity contribution in [1.82, 2.24) is 0 Å². The molecule has 0 radical (unpaired) electrons. The zero-order valence-electron chi connectivity index (χ0n) is 10.2. The topological polar surface area (TPSA) is 81.8 Å². The fourth-order valence-electron chi connectivity index (χ4n) is 2.06. The summed E-state index contributed by atoms with van der Waals surface area (Å²) in [6, 6.07) is 4.60. The molecule has 0 heterocycles. The SMILES string of the molecule is COC1C(O)CC1Oc1ccc([N+](=O)[O-])c(C)c1. The number of rotatable bonds is 4. The molecule has 1 N–H and O–H groups in total. The molecule has 3 unspecified atom stereocenters. The number of hydrogen-bond acceptors (Lipinski definition) is 5. The number of benzene rings is 1. The summed E-state index contributed by atoms with van der Waals surface area (Å²) in [5.41, 5.74) is 0.616. The molecule has 0 aliphatic heterocycles. The number of aliphatic hydroxyl groups is 1. The van der Waals surface area contributed by atoms with Gasteiger partial charge in [-0.1, -0.05) is 0 Å². The fraction of sp³-hybridized carbons (Fsp3) is 0.500. The zero-order chi connectivity index (χ0) is 13.3. The number of nitrogens with zero attached hydrogens (tertiary/aromatic N) is 1. The van der Waals surface area contributed by atoms with Gasteiger partial charge in [0.1, 0.15) is 18.0 Å². The van der Waals surface area contributed by atoms with Gasteiger partial charge in [-0.25, -0.2) is 0 Å². The van der Waals surface area contributed by atoms with Gasteiger partial charge in [-0.2, -0.15) is 0 Å². The Labute approximate surface area is 104 Å². The number of hydrogen-bond donors (Lipinski definition) is 1. The molecule has 1 fully saturated rings. The molecule has 0 aromatic heterocycles. The molecule has 1 saturated carbocycles. The van der Waals surface area contributed by atoms with E-state index in [2.05, 4.69) is 0 Å². The van der Waals surface area contributed by atoms with Crippen molar-refractivity contribution in [3.8, 4) is 5.75 Å². The first-order chi connectivity index (χ1) is 8.52. The van der Waals surface area contributed by atoms with Crippen LogP contribution in [-0.2, 0) is 4.74 Å². The maximum absolute atomic E-state index is 10.7. The van der Waals surface area contributed by atoms with Crippen molar-refractivity contribution >= 4 is 5.69 Å². The van der Waals surface area contributed by atoms with E-state index in [1.54, 1.807) is 19.1 Å². The molecule has 6 nitrogen and oxygen atoms in total. The average molecular weight is 253 g/mol. The van der Waals surface area contributed by atoms with Gasteiger partial charge in [-0.3, -0.25) is 10.1 Å². The van der Waals surface area contributed by atoms with Crippen molar-refractivity contribution in [1.29, 1.82) is 0 Å². The second-order valence-electron chi connectivity index (χ2n) is 4.37. The van der Waals surface area contributed by atoms with Crippen LogP contribution in [0.1, 0.15) is 12.0 Å². The Balaban J connectivity index is 2.07. The molecule has 0 amide bonds. The molecule has 1 aliphatic carbocycles. The summed E-state index contributed by atoms with van der Waals surface area (Å²) >= 11 is 0. The maximum Gasteiger partial charge on any atom is 0.272 e. The number of nitro groups is 1. The lowest BCUT2D eigenvalue weighted by molar-refractivity contribution is -0.385. The molecule has 18 heavy (non-hydrogen) atoms. The van der Waals surface area contributed by atoms with Gasteiger partial charge in [-0.15, -0.1) is 0 Å². The summed E-state index contributed by atoms with van der Waals surface area (Å²) in [6.45, 7) is 1.66. The van der Waals surface area contributed by atoms with Crippen LogP contribution in [0.2, 0.25) is 0 Å². The van der Waals surface area contributed by atoms with Crippen molar-refractivity contribution in [3.63, 3.8) is 0 Å². The van der Waals surface area contributed by atoms with E-state index in [9.17, 15) is 15.2 Å². The first kappa shape index (κ1) is 12.8. The Morgan fingerprint density at radius 2 is 2.22 bits per heavy atom. The molecule has 2 rings (SSSR count). The number of aliphatic hydroxyl groups excluding tert-OH is 1. The standard InChI is InChI=1S/C12H15NO5/c1-7-5-8(3-4-9(7)13(15)16)18-11-6-10(14)12(11)17-2/h3-5,10-12,14H,6H2,1-2H3. The lowest BCUT2D eigenvalue weighted by atomic mass is 9.88. The van der Waals surface area contributed by atoms with E-state index in [-0.39, 0.29) is 17.9 Å². The van der Waals surface area contributed by atoms with E-state index in [1.165, 1.54) is 13.2 Å². The molecule has 1 aliphatic rings. The van der Waals surface area contributed by atoms with Crippen LogP contribution in [0.5, 0.6) is 5.75 Å². The minimum absolute atomic E-state index is 0.0688. The number of nitro benzene ring substituents is 1. The highest BCUT2D eigenvalue weighted by Crippen LogP contribution is 2.30. The molecule has 0 spiro atoms. The molecule has 1 aromatic rings. The van der Waals surface area contributed by atoms with Gasteiger partial charge >= 0.3 is 0 Å². The van der Waals surface area contributed by atoms with E-state index in [0.717, 1.165) is 0 Å². The van der Waals surface area contributed by atoms with Crippen molar-refractivity contribution < 1.29 is 19.5 Å². The van der Waals surface area contributed by atoms with Gasteiger partial charge in [-0.05, 0) is 19.1 Å². The molecule has 3 atom stereocenters. The van der Waals surface area contributed by atoms with Crippen LogP contribution >= 0.6 is 0 Å². The highest BCUT2D eigenvalue weighted by atomic mass is 16.6. The van der Waals surface area contributed by atoms with E-state index < -0.39 is 11.0 Å². The largest absolute Gasteiger partial charge is 0.487 e. The van der Waals surface area contributed by atoms with Gasteiger partial charge in [0.25, 0.3) is 5.69 Å². The lowest BCUT2D eigenvalue weighted by Crippen LogP contribution is -2.54. The van der Waals surface area contributed by atoms with Crippen LogP contribution in [-0.4, -0.2) is 35.5 Å². The van der Waals surface area contributed by atoms with E-state index >= 15 is 0 Å².